The number of ether oxygens (including phenoxy) is 1. The molecule has 3 heterocycles. The van der Waals surface area contributed by atoms with Crippen LogP contribution in [0.5, 0.6) is 5.75 Å². The SMILES string of the molecule is CC1(C)C(=O)N(c2ccc(C#N)c(C(F)(F)F)c2)C(=S)N1c1ccc(OCCC2CCN(CC(=O)Nc3cc(Cl)cc(NC4CCC(=O)NC4=O)c3)CC2)c(Cl)c1. The van der Waals surface area contributed by atoms with Crippen LogP contribution in [0.25, 0.3) is 0 Å². The molecule has 3 aliphatic rings. The first-order valence-corrected chi connectivity index (χ1v) is 19.3. The highest BCUT2D eigenvalue weighted by atomic mass is 35.5. The number of piperidine rings is 2. The summed E-state index contributed by atoms with van der Waals surface area (Å²) < 4.78 is 47.2. The van der Waals surface area contributed by atoms with Crippen LogP contribution in [-0.4, -0.2) is 71.5 Å². The molecular formula is C39H38Cl2F3N7O5S. The first-order valence-electron chi connectivity index (χ1n) is 18.1. The molecule has 3 aliphatic heterocycles. The number of carbonyl (C=O) groups excluding carboxylic acids is 4. The fourth-order valence-corrected chi connectivity index (χ4v) is 8.14. The minimum Gasteiger partial charge on any atom is -0.492 e. The molecule has 12 nitrogen and oxygen atoms in total. The normalized spacial score (nSPS) is 19.0. The summed E-state index contributed by atoms with van der Waals surface area (Å²) in [5, 5.41) is 18.0. The molecule has 3 aromatic carbocycles. The average Bonchev–Trinajstić information content (AvgIpc) is 3.31. The van der Waals surface area contributed by atoms with E-state index in [-0.39, 0.29) is 40.6 Å². The maximum atomic E-state index is 13.7. The van der Waals surface area contributed by atoms with E-state index in [4.69, 9.17) is 40.2 Å². The Morgan fingerprint density at radius 3 is 2.39 bits per heavy atom. The van der Waals surface area contributed by atoms with Crippen LogP contribution in [0.4, 0.5) is 35.9 Å². The summed E-state index contributed by atoms with van der Waals surface area (Å²) in [5.74, 6) is -0.704. The minimum absolute atomic E-state index is 0.0469. The molecule has 1 atom stereocenters. The summed E-state index contributed by atoms with van der Waals surface area (Å²) >= 11 is 18.5. The van der Waals surface area contributed by atoms with Gasteiger partial charge in [0.15, 0.2) is 5.11 Å². The number of likely N-dealkylation sites (tertiary alicyclic amines) is 1. The van der Waals surface area contributed by atoms with E-state index in [0.29, 0.717) is 59.9 Å². The van der Waals surface area contributed by atoms with Crippen molar-refractivity contribution in [2.24, 2.45) is 5.92 Å². The lowest BCUT2D eigenvalue weighted by atomic mass is 9.94. The van der Waals surface area contributed by atoms with Gasteiger partial charge in [-0.15, -0.1) is 0 Å². The van der Waals surface area contributed by atoms with Crippen molar-refractivity contribution in [3.8, 4) is 11.8 Å². The summed E-state index contributed by atoms with van der Waals surface area (Å²) in [7, 11) is 0. The molecule has 4 amide bonds. The first-order chi connectivity index (χ1) is 26.9. The van der Waals surface area contributed by atoms with E-state index in [0.717, 1.165) is 36.3 Å². The van der Waals surface area contributed by atoms with Gasteiger partial charge in [0.2, 0.25) is 17.7 Å². The number of rotatable bonds is 11. The zero-order valence-electron chi connectivity index (χ0n) is 30.8. The van der Waals surface area contributed by atoms with Crippen molar-refractivity contribution in [2.45, 2.75) is 63.7 Å². The van der Waals surface area contributed by atoms with Gasteiger partial charge in [0.25, 0.3) is 5.91 Å². The predicted octanol–water partition coefficient (Wildman–Crippen LogP) is 7.14. The molecular weight excluding hydrogens is 806 g/mol. The Balaban J connectivity index is 0.983. The van der Waals surface area contributed by atoms with Crippen LogP contribution in [0.15, 0.2) is 54.6 Å². The lowest BCUT2D eigenvalue weighted by Gasteiger charge is -2.31. The summed E-state index contributed by atoms with van der Waals surface area (Å²) in [6, 6.07) is 13.8. The van der Waals surface area contributed by atoms with Crippen molar-refractivity contribution in [2.75, 3.05) is 46.7 Å². The van der Waals surface area contributed by atoms with Crippen molar-refractivity contribution in [1.82, 2.24) is 10.2 Å². The zero-order chi connectivity index (χ0) is 41.2. The van der Waals surface area contributed by atoms with Crippen molar-refractivity contribution < 1.29 is 37.1 Å². The number of amides is 4. The number of imide groups is 1. The molecule has 0 radical (unpaired) electrons. The number of halogens is 5. The summed E-state index contributed by atoms with van der Waals surface area (Å²) in [4.78, 5) is 54.7. The van der Waals surface area contributed by atoms with Gasteiger partial charge < -0.3 is 20.3 Å². The molecule has 57 heavy (non-hydrogen) atoms. The van der Waals surface area contributed by atoms with Crippen molar-refractivity contribution >= 4 is 86.9 Å². The van der Waals surface area contributed by atoms with E-state index < -0.39 is 40.7 Å². The number of nitrogens with zero attached hydrogens (tertiary/aromatic N) is 4. The van der Waals surface area contributed by atoms with Crippen LogP contribution in [0.3, 0.4) is 0 Å². The van der Waals surface area contributed by atoms with E-state index in [1.165, 1.54) is 17.0 Å². The molecule has 3 saturated heterocycles. The van der Waals surface area contributed by atoms with E-state index in [1.807, 2.05) is 0 Å². The van der Waals surface area contributed by atoms with Gasteiger partial charge in [0, 0.05) is 28.5 Å². The second-order valence-electron chi connectivity index (χ2n) is 14.6. The standard InChI is InChI=1S/C39H38Cl2F3N7O5S/c1-38(2)36(55)50(27-4-3-23(20-45)29(18-27)39(42,43)44)37(57)51(38)28-5-7-32(30(41)19-28)56-14-11-22-9-12-49(13-10-22)21-34(53)47-26-16-24(40)15-25(17-26)46-31-6-8-33(52)48-35(31)54/h3-5,7,15-19,22,31,46H,6,8-14,21H2,1-2H3,(H,47,53)(H,48,52,54). The summed E-state index contributed by atoms with van der Waals surface area (Å²) in [6.07, 6.45) is -1.77. The molecule has 3 aromatic rings. The maximum absolute atomic E-state index is 13.7. The molecule has 18 heteroatoms. The molecule has 0 saturated carbocycles. The fraction of sp³-hybridized carbons (Fsp3) is 0.385. The highest BCUT2D eigenvalue weighted by molar-refractivity contribution is 7.81. The van der Waals surface area contributed by atoms with Crippen LogP contribution in [0.1, 0.15) is 57.1 Å². The molecule has 6 rings (SSSR count). The number of thiocarbonyl (C=S) groups is 1. The second-order valence-corrected chi connectivity index (χ2v) is 15.8. The third kappa shape index (κ3) is 9.44. The van der Waals surface area contributed by atoms with Crippen LogP contribution in [0.2, 0.25) is 10.0 Å². The quantitative estimate of drug-likeness (QED) is 0.135. The Hall–Kier alpha value is -4.95. The molecule has 0 aliphatic carbocycles. The number of alkyl halides is 3. The Labute approximate surface area is 342 Å². The largest absolute Gasteiger partial charge is 0.492 e. The smallest absolute Gasteiger partial charge is 0.417 e. The monoisotopic (exact) mass is 843 g/mol. The van der Waals surface area contributed by atoms with Crippen molar-refractivity contribution in [3.63, 3.8) is 0 Å². The highest BCUT2D eigenvalue weighted by Gasteiger charge is 2.51. The second kappa shape index (κ2) is 16.9. The number of hydrogen-bond acceptors (Lipinski definition) is 9. The number of hydrogen-bond donors (Lipinski definition) is 3. The van der Waals surface area contributed by atoms with Gasteiger partial charge in [0.1, 0.15) is 17.3 Å². The van der Waals surface area contributed by atoms with E-state index in [1.54, 1.807) is 50.2 Å². The van der Waals surface area contributed by atoms with Crippen molar-refractivity contribution in [1.29, 1.82) is 5.26 Å². The van der Waals surface area contributed by atoms with Crippen molar-refractivity contribution in [3.05, 3.63) is 75.8 Å². The van der Waals surface area contributed by atoms with E-state index in [2.05, 4.69) is 20.9 Å². The molecule has 3 fully saturated rings. The third-order valence-electron chi connectivity index (χ3n) is 10.1. The average molecular weight is 845 g/mol. The highest BCUT2D eigenvalue weighted by Crippen LogP contribution is 2.41. The summed E-state index contributed by atoms with van der Waals surface area (Å²) in [5.41, 5.74) is -1.65. The lowest BCUT2D eigenvalue weighted by molar-refractivity contribution is -0.138. The van der Waals surface area contributed by atoms with Gasteiger partial charge in [0.05, 0.1) is 41.1 Å². The number of anilines is 4. The number of nitrogens with one attached hydrogen (secondary N) is 3. The number of nitriles is 1. The Morgan fingerprint density at radius 1 is 1.02 bits per heavy atom. The number of benzene rings is 3. The van der Waals surface area contributed by atoms with Gasteiger partial charge >= 0.3 is 6.18 Å². The van der Waals surface area contributed by atoms with Gasteiger partial charge in [-0.2, -0.15) is 18.4 Å². The predicted molar refractivity (Wildman–Crippen MR) is 213 cm³/mol. The Bertz CT molecular complexity index is 2160. The fourth-order valence-electron chi connectivity index (χ4n) is 7.16. The van der Waals surface area contributed by atoms with E-state index in [9.17, 15) is 37.6 Å². The topological polar surface area (TPSA) is 147 Å². The number of carbonyl (C=O) groups is 4. The maximum Gasteiger partial charge on any atom is 0.417 e. The van der Waals surface area contributed by atoms with Gasteiger partial charge in [-0.05, 0) is 125 Å². The Morgan fingerprint density at radius 2 is 1.72 bits per heavy atom. The molecule has 300 valence electrons. The van der Waals surface area contributed by atoms with Gasteiger partial charge in [-0.25, -0.2) is 0 Å². The molecule has 0 aromatic heterocycles. The molecule has 0 bridgehead atoms. The minimum atomic E-state index is -4.81. The van der Waals surface area contributed by atoms with Crippen LogP contribution in [-0.2, 0) is 25.4 Å². The zero-order valence-corrected chi connectivity index (χ0v) is 33.2. The van der Waals surface area contributed by atoms with Gasteiger partial charge in [-0.1, -0.05) is 23.2 Å². The molecule has 1 unspecified atom stereocenters. The third-order valence-corrected chi connectivity index (χ3v) is 11.0. The van der Waals surface area contributed by atoms with Crippen LogP contribution in [0, 0.1) is 17.2 Å². The summed E-state index contributed by atoms with van der Waals surface area (Å²) in [6.45, 7) is 5.21. The first kappa shape index (κ1) is 41.7. The van der Waals surface area contributed by atoms with E-state index >= 15 is 0 Å². The van der Waals surface area contributed by atoms with Crippen LogP contribution >= 0.6 is 35.4 Å². The van der Waals surface area contributed by atoms with Crippen LogP contribution < -0.4 is 30.5 Å². The molecule has 3 N–H and O–H groups in total. The van der Waals surface area contributed by atoms with Gasteiger partial charge in [-0.3, -0.25) is 34.3 Å². The lowest BCUT2D eigenvalue weighted by Crippen LogP contribution is -2.47. The molecule has 0 spiro atoms. The Kier molecular flexibility index (Phi) is 12.3.